The zero-order valence-electron chi connectivity index (χ0n) is 12.2. The number of benzene rings is 1. The lowest BCUT2D eigenvalue weighted by atomic mass is 10.0. The second kappa shape index (κ2) is 6.25. The zero-order valence-corrected chi connectivity index (χ0v) is 12.9. The molecule has 0 fully saturated rings. The van der Waals surface area contributed by atoms with Gasteiger partial charge in [0.1, 0.15) is 11.5 Å². The maximum absolute atomic E-state index is 13.4. The summed E-state index contributed by atoms with van der Waals surface area (Å²) in [6.07, 6.45) is 0.281. The summed E-state index contributed by atoms with van der Waals surface area (Å²) in [7, 11) is 0. The van der Waals surface area contributed by atoms with Crippen LogP contribution in [0, 0.1) is 5.82 Å². The van der Waals surface area contributed by atoms with Crippen molar-refractivity contribution in [3.05, 3.63) is 40.3 Å². The van der Waals surface area contributed by atoms with Crippen LogP contribution in [0.25, 0.3) is 11.3 Å². The Balaban J connectivity index is 2.17. The van der Waals surface area contributed by atoms with E-state index in [1.165, 1.54) is 18.2 Å². The predicted octanol–water partition coefficient (Wildman–Crippen LogP) is 2.45. The van der Waals surface area contributed by atoms with Crippen molar-refractivity contribution >= 4 is 17.5 Å². The van der Waals surface area contributed by atoms with Gasteiger partial charge < -0.3 is 11.1 Å². The molecule has 1 aromatic heterocycles. The van der Waals surface area contributed by atoms with Crippen LogP contribution in [0.3, 0.4) is 0 Å². The number of nitrogens with two attached hydrogens (primary N) is 1. The van der Waals surface area contributed by atoms with Gasteiger partial charge in [0.2, 0.25) is 0 Å². The number of fused-ring (bicyclic) bond motifs is 1. The molecule has 5 nitrogen and oxygen atoms in total. The molecule has 1 aliphatic rings. The maximum Gasteiger partial charge on any atom is 0.252 e. The van der Waals surface area contributed by atoms with E-state index in [4.69, 9.17) is 17.3 Å². The Kier molecular flexibility index (Phi) is 4.32. The van der Waals surface area contributed by atoms with Crippen molar-refractivity contribution in [2.24, 2.45) is 5.73 Å². The maximum atomic E-state index is 13.4. The van der Waals surface area contributed by atoms with E-state index in [9.17, 15) is 13.6 Å². The topological polar surface area (TPSA) is 72.9 Å². The van der Waals surface area contributed by atoms with Gasteiger partial charge in [0.25, 0.3) is 5.91 Å². The molecule has 3 rings (SSSR count). The highest BCUT2D eigenvalue weighted by molar-refractivity contribution is 6.31. The molecule has 0 saturated carbocycles. The van der Waals surface area contributed by atoms with Gasteiger partial charge in [0.05, 0.1) is 29.0 Å². The lowest BCUT2D eigenvalue weighted by molar-refractivity contribution is 0.0999. The first-order valence-corrected chi connectivity index (χ1v) is 7.54. The molecule has 1 atom stereocenters. The molecular weight excluding hydrogens is 326 g/mol. The van der Waals surface area contributed by atoms with E-state index in [0.717, 1.165) is 0 Å². The number of rotatable bonds is 4. The second-order valence-corrected chi connectivity index (χ2v) is 5.78. The Hall–Kier alpha value is -1.99. The average Bonchev–Trinajstić information content (AvgIpc) is 2.91. The second-order valence-electron chi connectivity index (χ2n) is 5.37. The molecule has 0 bridgehead atoms. The number of halogens is 3. The Morgan fingerprint density at radius 2 is 2.30 bits per heavy atom. The third-order valence-electron chi connectivity index (χ3n) is 3.91. The van der Waals surface area contributed by atoms with Gasteiger partial charge in [-0.1, -0.05) is 11.6 Å². The van der Waals surface area contributed by atoms with Crippen LogP contribution in [-0.4, -0.2) is 28.9 Å². The first-order chi connectivity index (χ1) is 11.0. The summed E-state index contributed by atoms with van der Waals surface area (Å²) in [6, 6.07) is 3.89. The molecular formula is C15H15ClF2N4O. The number of nitrogens with one attached hydrogen (secondary N) is 1. The number of hydrogen-bond acceptors (Lipinski definition) is 3. The summed E-state index contributed by atoms with van der Waals surface area (Å²) in [6.45, 7) is 0.471. The van der Waals surface area contributed by atoms with Crippen molar-refractivity contribution in [2.45, 2.75) is 19.0 Å². The average molecular weight is 341 g/mol. The molecule has 3 N–H and O–H groups in total. The third-order valence-corrected chi connectivity index (χ3v) is 4.20. The first-order valence-electron chi connectivity index (χ1n) is 7.16. The van der Waals surface area contributed by atoms with Gasteiger partial charge in [-0.2, -0.15) is 5.10 Å². The fraction of sp³-hybridized carbons (Fsp3) is 0.333. The van der Waals surface area contributed by atoms with E-state index in [-0.39, 0.29) is 23.0 Å². The molecule has 1 amide bonds. The number of amides is 1. The van der Waals surface area contributed by atoms with Crippen LogP contribution in [0.1, 0.15) is 28.5 Å². The number of primary amides is 1. The van der Waals surface area contributed by atoms with Gasteiger partial charge in [-0.05, 0) is 24.6 Å². The molecule has 1 aromatic carbocycles. The molecule has 1 aliphatic heterocycles. The van der Waals surface area contributed by atoms with Crippen LogP contribution >= 0.6 is 11.6 Å². The van der Waals surface area contributed by atoms with Crippen LogP contribution in [0.2, 0.25) is 5.02 Å². The van der Waals surface area contributed by atoms with Crippen LogP contribution in [-0.2, 0) is 6.54 Å². The van der Waals surface area contributed by atoms with Gasteiger partial charge in [0.15, 0.2) is 0 Å². The Bertz CT molecular complexity index is 762. The van der Waals surface area contributed by atoms with Crippen molar-refractivity contribution in [2.75, 3.05) is 13.2 Å². The summed E-state index contributed by atoms with van der Waals surface area (Å²) >= 11 is 5.81. The molecule has 23 heavy (non-hydrogen) atoms. The van der Waals surface area contributed by atoms with Gasteiger partial charge in [0, 0.05) is 18.7 Å². The fourth-order valence-electron chi connectivity index (χ4n) is 2.84. The number of aromatic nitrogens is 2. The Morgan fingerprint density at radius 3 is 2.96 bits per heavy atom. The molecule has 0 radical (unpaired) electrons. The largest absolute Gasteiger partial charge is 0.365 e. The number of carbonyl (C=O) groups excluding carboxylic acids is 1. The van der Waals surface area contributed by atoms with Crippen molar-refractivity contribution in [3.8, 4) is 11.3 Å². The van der Waals surface area contributed by atoms with E-state index in [1.807, 2.05) is 0 Å². The summed E-state index contributed by atoms with van der Waals surface area (Å²) in [5.41, 5.74) is 7.20. The van der Waals surface area contributed by atoms with Crippen LogP contribution < -0.4 is 11.1 Å². The lowest BCUT2D eigenvalue weighted by Gasteiger charge is -2.25. The minimum absolute atomic E-state index is 0.0673. The standard InChI is InChI=1S/C15H15ClF2N4O/c16-10-5-8(1-2-11(10)18)14-13(15(19)23)12-7-20-6-9(3-4-17)22(12)21-14/h1-2,5,9,20H,3-4,6-7H2,(H2,19,23). The van der Waals surface area contributed by atoms with E-state index >= 15 is 0 Å². The van der Waals surface area contributed by atoms with Crippen molar-refractivity contribution < 1.29 is 13.6 Å². The van der Waals surface area contributed by atoms with Crippen LogP contribution in [0.5, 0.6) is 0 Å². The monoisotopic (exact) mass is 340 g/mol. The third kappa shape index (κ3) is 2.82. The molecule has 0 spiro atoms. The minimum atomic E-state index is -0.635. The van der Waals surface area contributed by atoms with Gasteiger partial charge in [-0.3, -0.25) is 13.9 Å². The predicted molar refractivity (Wildman–Crippen MR) is 82.5 cm³/mol. The van der Waals surface area contributed by atoms with Crippen molar-refractivity contribution in [1.82, 2.24) is 15.1 Å². The number of alkyl halides is 1. The van der Waals surface area contributed by atoms with Gasteiger partial charge >= 0.3 is 0 Å². The summed E-state index contributed by atoms with van der Waals surface area (Å²) in [5.74, 6) is -1.19. The van der Waals surface area contributed by atoms with E-state index < -0.39 is 18.4 Å². The molecule has 1 unspecified atom stereocenters. The highest BCUT2D eigenvalue weighted by Crippen LogP contribution is 2.31. The number of nitrogens with zero attached hydrogens (tertiary/aromatic N) is 2. The Morgan fingerprint density at radius 1 is 1.52 bits per heavy atom. The highest BCUT2D eigenvalue weighted by atomic mass is 35.5. The summed E-state index contributed by atoms with van der Waals surface area (Å²) < 4.78 is 27.7. The first kappa shape index (κ1) is 15.9. The van der Waals surface area contributed by atoms with Crippen LogP contribution in [0.4, 0.5) is 8.78 Å². The Labute approximate surface area is 136 Å². The normalized spacial score (nSPS) is 17.1. The smallest absolute Gasteiger partial charge is 0.252 e. The summed E-state index contributed by atoms with van der Waals surface area (Å²) in [4.78, 5) is 11.9. The van der Waals surface area contributed by atoms with Crippen LogP contribution in [0.15, 0.2) is 18.2 Å². The molecule has 2 aromatic rings. The SMILES string of the molecule is NC(=O)c1c(-c2ccc(F)c(Cl)c2)nn2c1CNCC2CCF. The zero-order chi connectivity index (χ0) is 16.6. The quantitative estimate of drug-likeness (QED) is 0.898. The van der Waals surface area contributed by atoms with E-state index in [2.05, 4.69) is 10.4 Å². The van der Waals surface area contributed by atoms with Crippen molar-refractivity contribution in [1.29, 1.82) is 0 Å². The molecule has 0 saturated heterocycles. The minimum Gasteiger partial charge on any atom is -0.365 e. The van der Waals surface area contributed by atoms with Gasteiger partial charge in [-0.15, -0.1) is 0 Å². The summed E-state index contributed by atoms with van der Waals surface area (Å²) in [5, 5.41) is 7.51. The van der Waals surface area contributed by atoms with Crippen molar-refractivity contribution in [3.63, 3.8) is 0 Å². The fourth-order valence-corrected chi connectivity index (χ4v) is 3.02. The number of carbonyl (C=O) groups is 1. The van der Waals surface area contributed by atoms with Gasteiger partial charge in [-0.25, -0.2) is 4.39 Å². The van der Waals surface area contributed by atoms with E-state index in [1.54, 1.807) is 4.68 Å². The van der Waals surface area contributed by atoms with E-state index in [0.29, 0.717) is 30.0 Å². The molecule has 8 heteroatoms. The lowest BCUT2D eigenvalue weighted by Crippen LogP contribution is -2.35. The highest BCUT2D eigenvalue weighted by Gasteiger charge is 2.29. The number of hydrogen-bond donors (Lipinski definition) is 2. The molecule has 122 valence electrons. The molecule has 0 aliphatic carbocycles. The molecule has 2 heterocycles.